The maximum Gasteiger partial charge on any atom is 0.235 e. The van der Waals surface area contributed by atoms with Crippen molar-refractivity contribution in [1.29, 1.82) is 0 Å². The fraction of sp³-hybridized carbons (Fsp3) is 0. The van der Waals surface area contributed by atoms with Gasteiger partial charge in [0.15, 0.2) is 0 Å². The first-order valence-corrected chi connectivity index (χ1v) is 17.7. The number of para-hydroxylation sites is 1. The summed E-state index contributed by atoms with van der Waals surface area (Å²) in [6.07, 6.45) is 0. The summed E-state index contributed by atoms with van der Waals surface area (Å²) in [5.41, 5.74) is 7.47. The predicted octanol–water partition coefficient (Wildman–Crippen LogP) is 12.7. The molecule has 0 fully saturated rings. The molecule has 4 heteroatoms. The van der Waals surface area contributed by atoms with E-state index in [4.69, 9.17) is 9.97 Å². The van der Waals surface area contributed by atoms with E-state index in [1.807, 2.05) is 11.3 Å². The molecule has 0 spiro atoms. The van der Waals surface area contributed by atoms with Crippen molar-refractivity contribution >= 4 is 85.8 Å². The summed E-state index contributed by atoms with van der Waals surface area (Å²) in [5, 5.41) is 10.7. The predicted molar refractivity (Wildman–Crippen MR) is 213 cm³/mol. The molecule has 0 N–H and O–H groups in total. The Morgan fingerprint density at radius 1 is 0.420 bits per heavy atom. The zero-order valence-corrected chi connectivity index (χ0v) is 27.7. The zero-order valence-electron chi connectivity index (χ0n) is 26.8. The Hall–Kier alpha value is -6.36. The Balaban J connectivity index is 1.30. The zero-order chi connectivity index (χ0) is 32.8. The van der Waals surface area contributed by atoms with Gasteiger partial charge < -0.3 is 0 Å². The molecule has 0 radical (unpaired) electrons. The van der Waals surface area contributed by atoms with Gasteiger partial charge in [-0.3, -0.25) is 4.57 Å². The van der Waals surface area contributed by atoms with Crippen molar-refractivity contribution in [2.75, 3.05) is 0 Å². The third-order valence-corrected chi connectivity index (χ3v) is 11.3. The third kappa shape index (κ3) is 4.03. The van der Waals surface area contributed by atoms with Gasteiger partial charge in [0.05, 0.1) is 22.2 Å². The lowest BCUT2D eigenvalue weighted by Crippen LogP contribution is -2.04. The molecule has 0 aliphatic heterocycles. The second kappa shape index (κ2) is 10.6. The van der Waals surface area contributed by atoms with Crippen LogP contribution in [0.3, 0.4) is 0 Å². The van der Waals surface area contributed by atoms with Crippen LogP contribution in [0.5, 0.6) is 0 Å². The van der Waals surface area contributed by atoms with E-state index in [0.717, 1.165) is 49.5 Å². The molecular weight excluding hydrogens is 627 g/mol. The molecule has 0 atom stereocenters. The van der Waals surface area contributed by atoms with Gasteiger partial charge in [-0.1, -0.05) is 127 Å². The molecule has 3 nitrogen and oxygen atoms in total. The average molecular weight is 654 g/mol. The van der Waals surface area contributed by atoms with Crippen LogP contribution < -0.4 is 0 Å². The van der Waals surface area contributed by atoms with Crippen LogP contribution in [0, 0.1) is 0 Å². The first-order chi connectivity index (χ1) is 24.8. The van der Waals surface area contributed by atoms with Crippen LogP contribution in [0.25, 0.3) is 103 Å². The Kier molecular flexibility index (Phi) is 5.83. The van der Waals surface area contributed by atoms with Crippen molar-refractivity contribution < 1.29 is 0 Å². The molecule has 11 rings (SSSR count). The van der Waals surface area contributed by atoms with E-state index in [1.54, 1.807) is 0 Å². The van der Waals surface area contributed by atoms with Gasteiger partial charge in [-0.15, -0.1) is 11.3 Å². The SMILES string of the molecule is c1ccc(-c2nc(-n3c4cc5ccccc5cc4c4cccc(-c5ccc6sc7ccccc7c6c5)c43)nc3c2ccc2ccccc23)cc1. The minimum absolute atomic E-state index is 0.664. The van der Waals surface area contributed by atoms with Crippen LogP contribution in [0.4, 0.5) is 0 Å². The molecule has 3 aromatic heterocycles. The minimum Gasteiger partial charge on any atom is -0.277 e. The molecule has 50 heavy (non-hydrogen) atoms. The van der Waals surface area contributed by atoms with Crippen LogP contribution >= 0.6 is 11.3 Å². The van der Waals surface area contributed by atoms with Gasteiger partial charge in [-0.2, -0.15) is 0 Å². The van der Waals surface area contributed by atoms with Crippen LogP contribution in [-0.2, 0) is 0 Å². The maximum atomic E-state index is 5.48. The van der Waals surface area contributed by atoms with Gasteiger partial charge in [-0.25, -0.2) is 9.97 Å². The van der Waals surface area contributed by atoms with E-state index < -0.39 is 0 Å². The number of benzene rings is 8. The maximum absolute atomic E-state index is 5.48. The van der Waals surface area contributed by atoms with Gasteiger partial charge in [0.25, 0.3) is 0 Å². The lowest BCUT2D eigenvalue weighted by Gasteiger charge is -2.15. The molecule has 232 valence electrons. The standard InChI is InChI=1S/C46H27N3S/c1-2-12-29(13-3-1)43-37-23-21-28-11-6-7-16-33(28)44(37)48-46(47-43)49-40-27-31-15-5-4-14-30(31)25-38(40)36-19-10-18-34(45(36)49)32-22-24-42-39(26-32)35-17-8-9-20-41(35)50-42/h1-27H. The van der Waals surface area contributed by atoms with Crippen LogP contribution in [0.1, 0.15) is 0 Å². The summed E-state index contributed by atoms with van der Waals surface area (Å²) in [6.45, 7) is 0. The second-order valence-electron chi connectivity index (χ2n) is 13.0. The van der Waals surface area contributed by atoms with Crippen LogP contribution in [-0.4, -0.2) is 14.5 Å². The number of aromatic nitrogens is 3. The molecule has 0 aliphatic carbocycles. The smallest absolute Gasteiger partial charge is 0.235 e. The van der Waals surface area contributed by atoms with Crippen LogP contribution in [0.2, 0.25) is 0 Å². The second-order valence-corrected chi connectivity index (χ2v) is 14.1. The Morgan fingerprint density at radius 2 is 1.14 bits per heavy atom. The first kappa shape index (κ1) is 27.6. The van der Waals surface area contributed by atoms with Gasteiger partial charge in [0, 0.05) is 52.8 Å². The molecule has 0 amide bonds. The number of hydrogen-bond donors (Lipinski definition) is 0. The summed E-state index contributed by atoms with van der Waals surface area (Å²) in [5.74, 6) is 0.664. The fourth-order valence-electron chi connectivity index (χ4n) is 7.85. The fourth-order valence-corrected chi connectivity index (χ4v) is 8.94. The number of rotatable bonds is 3. The van der Waals surface area contributed by atoms with Crippen molar-refractivity contribution in [2.45, 2.75) is 0 Å². The van der Waals surface area contributed by atoms with Crippen molar-refractivity contribution in [2.24, 2.45) is 0 Å². The molecule has 11 aromatic rings. The Labute approximate surface area is 291 Å². The van der Waals surface area contributed by atoms with E-state index >= 15 is 0 Å². The summed E-state index contributed by atoms with van der Waals surface area (Å²) < 4.78 is 4.92. The Morgan fingerprint density at radius 3 is 2.02 bits per heavy atom. The summed E-state index contributed by atoms with van der Waals surface area (Å²) >= 11 is 1.85. The van der Waals surface area contributed by atoms with Gasteiger partial charge in [-0.05, 0) is 58.1 Å². The average Bonchev–Trinajstić information content (AvgIpc) is 3.72. The van der Waals surface area contributed by atoms with Crippen molar-refractivity contribution in [1.82, 2.24) is 14.5 Å². The summed E-state index contributed by atoms with van der Waals surface area (Å²) in [6, 6.07) is 59.0. The van der Waals surface area contributed by atoms with Crippen LogP contribution in [0.15, 0.2) is 164 Å². The lowest BCUT2D eigenvalue weighted by molar-refractivity contribution is 1.02. The highest BCUT2D eigenvalue weighted by Gasteiger charge is 2.22. The molecule has 0 saturated carbocycles. The van der Waals surface area contributed by atoms with E-state index in [9.17, 15) is 0 Å². The number of nitrogens with zero attached hydrogens (tertiary/aromatic N) is 3. The summed E-state index contributed by atoms with van der Waals surface area (Å²) in [7, 11) is 0. The minimum atomic E-state index is 0.664. The van der Waals surface area contributed by atoms with Crippen molar-refractivity contribution in [3.8, 4) is 28.3 Å². The number of hydrogen-bond acceptors (Lipinski definition) is 3. The van der Waals surface area contributed by atoms with E-state index in [2.05, 4.69) is 168 Å². The highest BCUT2D eigenvalue weighted by atomic mass is 32.1. The molecule has 0 bridgehead atoms. The monoisotopic (exact) mass is 653 g/mol. The van der Waals surface area contributed by atoms with E-state index in [0.29, 0.717) is 5.95 Å². The van der Waals surface area contributed by atoms with E-state index in [-0.39, 0.29) is 0 Å². The number of thiophene rings is 1. The Bertz CT molecular complexity index is 3150. The van der Waals surface area contributed by atoms with Gasteiger partial charge in [0.2, 0.25) is 5.95 Å². The highest BCUT2D eigenvalue weighted by molar-refractivity contribution is 7.25. The normalized spacial score (nSPS) is 12.0. The lowest BCUT2D eigenvalue weighted by atomic mass is 9.99. The van der Waals surface area contributed by atoms with E-state index in [1.165, 1.54) is 47.3 Å². The first-order valence-electron chi connectivity index (χ1n) is 16.9. The molecule has 0 unspecified atom stereocenters. The van der Waals surface area contributed by atoms with Crippen molar-refractivity contribution in [3.05, 3.63) is 164 Å². The molecule has 0 saturated heterocycles. The highest BCUT2D eigenvalue weighted by Crippen LogP contribution is 2.42. The third-order valence-electron chi connectivity index (χ3n) is 10.2. The molecule has 3 heterocycles. The molecular formula is C46H27N3S. The molecule has 0 aliphatic rings. The summed E-state index contributed by atoms with van der Waals surface area (Å²) in [4.78, 5) is 11.0. The number of fused-ring (bicyclic) bond motifs is 10. The topological polar surface area (TPSA) is 30.7 Å². The largest absolute Gasteiger partial charge is 0.277 e. The van der Waals surface area contributed by atoms with Gasteiger partial charge in [0.1, 0.15) is 0 Å². The van der Waals surface area contributed by atoms with Crippen molar-refractivity contribution in [3.63, 3.8) is 0 Å². The van der Waals surface area contributed by atoms with Gasteiger partial charge >= 0.3 is 0 Å². The quantitative estimate of drug-likeness (QED) is 0.178. The molecule has 8 aromatic carbocycles.